The number of fused-ring (bicyclic) bond motifs is 1. The van der Waals surface area contributed by atoms with Crippen molar-refractivity contribution in [2.75, 3.05) is 39.4 Å². The maximum absolute atomic E-state index is 13.9. The maximum Gasteiger partial charge on any atom is 0.243 e. The number of oxazole rings is 1. The fraction of sp³-hybridized carbons (Fsp3) is 0.500. The number of benzene rings is 2. The van der Waals surface area contributed by atoms with E-state index in [1.807, 2.05) is 6.07 Å². The minimum Gasteiger partial charge on any atom is -0.436 e. The standard InChI is InChI=1S/C26H32ClN3O4S/c27-21-10-11-25-24(19-21)28-26(34-25)20-6-4-9-23(18-20)35(31,32)30(22-7-2-1-3-8-22)13-5-12-29-14-16-33-17-15-29/h4,6,9-11,18-19,22H,1-3,5,7-8,12-17H2. The number of nitrogens with zero attached hydrogens (tertiary/aromatic N) is 3. The Morgan fingerprint density at radius 3 is 2.66 bits per heavy atom. The summed E-state index contributed by atoms with van der Waals surface area (Å²) in [7, 11) is -3.67. The van der Waals surface area contributed by atoms with E-state index in [0.29, 0.717) is 34.1 Å². The average Bonchev–Trinajstić information content (AvgIpc) is 3.31. The SMILES string of the molecule is O=S(=O)(c1cccc(-c2nc3cc(Cl)ccc3o2)c1)N(CCCN1CCOCC1)C1CCCCC1. The van der Waals surface area contributed by atoms with Crippen LogP contribution in [0.25, 0.3) is 22.6 Å². The largest absolute Gasteiger partial charge is 0.436 e. The third-order valence-corrected chi connectivity index (χ3v) is 9.16. The van der Waals surface area contributed by atoms with E-state index in [1.54, 1.807) is 40.7 Å². The van der Waals surface area contributed by atoms with Crippen molar-refractivity contribution in [3.63, 3.8) is 0 Å². The summed E-state index contributed by atoms with van der Waals surface area (Å²) in [6, 6.07) is 12.3. The van der Waals surface area contributed by atoms with Crippen LogP contribution in [-0.4, -0.2) is 68.0 Å². The third-order valence-electron chi connectivity index (χ3n) is 6.98. The normalized spacial score (nSPS) is 18.5. The molecule has 0 atom stereocenters. The van der Waals surface area contributed by atoms with Gasteiger partial charge >= 0.3 is 0 Å². The highest BCUT2D eigenvalue weighted by Crippen LogP contribution is 2.31. The first-order valence-corrected chi connectivity index (χ1v) is 14.3. The molecule has 0 radical (unpaired) electrons. The van der Waals surface area contributed by atoms with E-state index in [9.17, 15) is 8.42 Å². The van der Waals surface area contributed by atoms with Crippen LogP contribution in [0.1, 0.15) is 38.5 Å². The molecule has 1 saturated carbocycles. The van der Waals surface area contributed by atoms with E-state index in [1.165, 1.54) is 6.42 Å². The first-order valence-electron chi connectivity index (χ1n) is 12.5. The minimum atomic E-state index is -3.67. The van der Waals surface area contributed by atoms with E-state index in [2.05, 4.69) is 9.88 Å². The van der Waals surface area contributed by atoms with Gasteiger partial charge in [-0.1, -0.05) is 36.9 Å². The number of morpholine rings is 1. The number of hydrogen-bond acceptors (Lipinski definition) is 6. The van der Waals surface area contributed by atoms with Gasteiger partial charge in [-0.2, -0.15) is 4.31 Å². The molecule has 3 aromatic rings. The maximum atomic E-state index is 13.9. The minimum absolute atomic E-state index is 0.0496. The Balaban J connectivity index is 1.39. The van der Waals surface area contributed by atoms with Crippen molar-refractivity contribution in [1.82, 2.24) is 14.2 Å². The van der Waals surface area contributed by atoms with Crippen LogP contribution in [0, 0.1) is 0 Å². The van der Waals surface area contributed by atoms with Crippen LogP contribution in [0.15, 0.2) is 51.8 Å². The molecule has 0 amide bonds. The molecule has 9 heteroatoms. The third kappa shape index (κ3) is 5.73. The fourth-order valence-electron chi connectivity index (χ4n) is 5.09. The molecule has 2 aliphatic rings. The van der Waals surface area contributed by atoms with E-state index in [0.717, 1.165) is 65.0 Å². The van der Waals surface area contributed by atoms with Gasteiger partial charge in [0, 0.05) is 36.3 Å². The van der Waals surface area contributed by atoms with Gasteiger partial charge in [0.1, 0.15) is 5.52 Å². The molecule has 2 heterocycles. The lowest BCUT2D eigenvalue weighted by Gasteiger charge is -2.34. The Bertz CT molecular complexity index is 1250. The Hall–Kier alpha value is -1.97. The van der Waals surface area contributed by atoms with E-state index in [4.69, 9.17) is 20.8 Å². The Labute approximate surface area is 212 Å². The smallest absolute Gasteiger partial charge is 0.243 e. The molecule has 0 spiro atoms. The number of sulfonamides is 1. The lowest BCUT2D eigenvalue weighted by molar-refractivity contribution is 0.0365. The molecule has 188 valence electrons. The lowest BCUT2D eigenvalue weighted by atomic mass is 9.95. The first kappa shape index (κ1) is 24.7. The van der Waals surface area contributed by atoms with Gasteiger partial charge in [0.15, 0.2) is 5.58 Å². The van der Waals surface area contributed by atoms with Crippen molar-refractivity contribution >= 4 is 32.7 Å². The van der Waals surface area contributed by atoms with Crippen molar-refractivity contribution < 1.29 is 17.6 Å². The molecule has 2 aromatic carbocycles. The van der Waals surface area contributed by atoms with Crippen LogP contribution in [0.4, 0.5) is 0 Å². The highest BCUT2D eigenvalue weighted by molar-refractivity contribution is 7.89. The van der Waals surface area contributed by atoms with Crippen molar-refractivity contribution in [3.8, 4) is 11.5 Å². The van der Waals surface area contributed by atoms with Gasteiger partial charge in [0.25, 0.3) is 0 Å². The summed E-state index contributed by atoms with van der Waals surface area (Å²) in [4.78, 5) is 7.17. The summed E-state index contributed by atoms with van der Waals surface area (Å²) in [6.07, 6.45) is 5.97. The second-order valence-electron chi connectivity index (χ2n) is 9.37. The zero-order valence-electron chi connectivity index (χ0n) is 19.9. The van der Waals surface area contributed by atoms with Crippen molar-refractivity contribution in [2.45, 2.75) is 49.5 Å². The molecular weight excluding hydrogens is 486 g/mol. The van der Waals surface area contributed by atoms with E-state index >= 15 is 0 Å². The second-order valence-corrected chi connectivity index (χ2v) is 11.7. The monoisotopic (exact) mass is 517 g/mol. The average molecular weight is 518 g/mol. The quantitative estimate of drug-likeness (QED) is 0.409. The zero-order valence-corrected chi connectivity index (χ0v) is 21.4. The summed E-state index contributed by atoms with van der Waals surface area (Å²) in [6.45, 7) is 4.73. The van der Waals surface area contributed by atoms with E-state index < -0.39 is 10.0 Å². The molecule has 0 unspecified atom stereocenters. The molecule has 35 heavy (non-hydrogen) atoms. The van der Waals surface area contributed by atoms with Gasteiger partial charge in [-0.05, 0) is 62.2 Å². The summed E-state index contributed by atoms with van der Waals surface area (Å²) in [5.41, 5.74) is 1.90. The number of rotatable bonds is 8. The number of halogens is 1. The summed E-state index contributed by atoms with van der Waals surface area (Å²) >= 11 is 6.08. The summed E-state index contributed by atoms with van der Waals surface area (Å²) < 4.78 is 41.0. The molecule has 1 aromatic heterocycles. The summed E-state index contributed by atoms with van der Waals surface area (Å²) in [5.74, 6) is 0.385. The Morgan fingerprint density at radius 2 is 1.86 bits per heavy atom. The molecule has 1 aliphatic heterocycles. The predicted octanol–water partition coefficient (Wildman–Crippen LogP) is 5.19. The molecule has 0 N–H and O–H groups in total. The molecule has 1 saturated heterocycles. The topological polar surface area (TPSA) is 75.9 Å². The fourth-order valence-corrected chi connectivity index (χ4v) is 7.03. The van der Waals surface area contributed by atoms with E-state index in [-0.39, 0.29) is 10.9 Å². The van der Waals surface area contributed by atoms with Crippen LogP contribution >= 0.6 is 11.6 Å². The van der Waals surface area contributed by atoms with Crippen LogP contribution in [-0.2, 0) is 14.8 Å². The highest BCUT2D eigenvalue weighted by atomic mass is 35.5. The highest BCUT2D eigenvalue weighted by Gasteiger charge is 2.32. The number of hydrogen-bond donors (Lipinski definition) is 0. The predicted molar refractivity (Wildman–Crippen MR) is 137 cm³/mol. The first-order chi connectivity index (χ1) is 17.0. The Kier molecular flexibility index (Phi) is 7.74. The summed E-state index contributed by atoms with van der Waals surface area (Å²) in [5, 5.41) is 0.578. The molecule has 1 aliphatic carbocycles. The van der Waals surface area contributed by atoms with Crippen LogP contribution in [0.3, 0.4) is 0 Å². The zero-order chi connectivity index (χ0) is 24.3. The van der Waals surface area contributed by atoms with Crippen LogP contribution in [0.2, 0.25) is 5.02 Å². The van der Waals surface area contributed by atoms with Crippen molar-refractivity contribution in [1.29, 1.82) is 0 Å². The van der Waals surface area contributed by atoms with Gasteiger partial charge in [0.05, 0.1) is 18.1 Å². The van der Waals surface area contributed by atoms with Crippen LogP contribution in [0.5, 0.6) is 0 Å². The molecular formula is C26H32ClN3O4S. The van der Waals surface area contributed by atoms with Crippen molar-refractivity contribution in [3.05, 3.63) is 47.5 Å². The van der Waals surface area contributed by atoms with Gasteiger partial charge in [-0.25, -0.2) is 13.4 Å². The second kappa shape index (κ2) is 11.0. The van der Waals surface area contributed by atoms with Crippen LogP contribution < -0.4 is 0 Å². The molecule has 5 rings (SSSR count). The Morgan fingerprint density at radius 1 is 1.06 bits per heavy atom. The van der Waals surface area contributed by atoms with Gasteiger partial charge < -0.3 is 9.15 Å². The van der Waals surface area contributed by atoms with Gasteiger partial charge in [0.2, 0.25) is 15.9 Å². The lowest BCUT2D eigenvalue weighted by Crippen LogP contribution is -2.43. The molecule has 7 nitrogen and oxygen atoms in total. The molecule has 2 fully saturated rings. The van der Waals surface area contributed by atoms with Crippen molar-refractivity contribution in [2.24, 2.45) is 0 Å². The number of ether oxygens (including phenoxy) is 1. The van der Waals surface area contributed by atoms with Gasteiger partial charge in [-0.15, -0.1) is 0 Å². The molecule has 0 bridgehead atoms. The number of aromatic nitrogens is 1. The van der Waals surface area contributed by atoms with Gasteiger partial charge in [-0.3, -0.25) is 4.90 Å².